The maximum atomic E-state index is 13.2. The highest BCUT2D eigenvalue weighted by atomic mass is 127. The number of fused-ring (bicyclic) bond motifs is 1. The molecule has 7 nitrogen and oxygen atoms in total. The highest BCUT2D eigenvalue weighted by Gasteiger charge is 2.23. The number of hydrogen-bond acceptors (Lipinski definition) is 6. The third-order valence-corrected chi connectivity index (χ3v) is 8.10. The van der Waals surface area contributed by atoms with Gasteiger partial charge in [0.2, 0.25) is 0 Å². The van der Waals surface area contributed by atoms with Crippen LogP contribution in [0.25, 0.3) is 11.0 Å². The number of amides is 1. The van der Waals surface area contributed by atoms with Crippen molar-refractivity contribution in [3.05, 3.63) is 79.8 Å². The van der Waals surface area contributed by atoms with E-state index in [0.29, 0.717) is 17.6 Å². The molecule has 0 spiro atoms. The molecule has 0 aliphatic rings. The summed E-state index contributed by atoms with van der Waals surface area (Å²) in [5, 5.41) is 2.92. The molecular weight excluding hydrogens is 639 g/mol. The third-order valence-electron chi connectivity index (χ3n) is 5.00. The molecule has 1 amide bonds. The van der Waals surface area contributed by atoms with Crippen LogP contribution >= 0.6 is 50.2 Å². The van der Waals surface area contributed by atoms with Crippen molar-refractivity contribution in [3.8, 4) is 0 Å². The van der Waals surface area contributed by atoms with E-state index in [1.807, 2.05) is 31.2 Å². The maximum Gasteiger partial charge on any atom is 0.264 e. The number of rotatable bonds is 7. The summed E-state index contributed by atoms with van der Waals surface area (Å²) < 4.78 is 38.9. The summed E-state index contributed by atoms with van der Waals surface area (Å²) >= 11 is 6.49. The van der Waals surface area contributed by atoms with Gasteiger partial charge in [0.15, 0.2) is 0 Å². The molecule has 0 aliphatic carbocycles. The predicted molar refractivity (Wildman–Crippen MR) is 142 cm³/mol. The van der Waals surface area contributed by atoms with Crippen LogP contribution in [0, 0.1) is 3.57 Å². The highest BCUT2D eigenvalue weighted by Crippen LogP contribution is 2.27. The molecule has 3 aromatic carbocycles. The second-order valence-corrected chi connectivity index (χ2v) is 11.7. The quantitative estimate of drug-likeness (QED) is 0.260. The summed E-state index contributed by atoms with van der Waals surface area (Å²) in [5.74, 6) is -0.287. The lowest BCUT2D eigenvalue weighted by Crippen LogP contribution is -2.28. The van der Waals surface area contributed by atoms with E-state index in [-0.39, 0.29) is 28.0 Å². The first-order valence-electron chi connectivity index (χ1n) is 9.82. The summed E-state index contributed by atoms with van der Waals surface area (Å²) in [5.41, 5.74) is 2.33. The average Bonchev–Trinajstić information content (AvgIpc) is 3.26. The van der Waals surface area contributed by atoms with Gasteiger partial charge in [-0.25, -0.2) is 8.42 Å². The molecule has 33 heavy (non-hydrogen) atoms. The fourth-order valence-electron chi connectivity index (χ4n) is 3.27. The lowest BCUT2D eigenvalue weighted by Gasteiger charge is -2.16. The fourth-order valence-corrected chi connectivity index (χ4v) is 6.02. The summed E-state index contributed by atoms with van der Waals surface area (Å²) in [4.78, 5) is 13.0. The van der Waals surface area contributed by atoms with Crippen LogP contribution < -0.4 is 10.0 Å². The van der Waals surface area contributed by atoms with Crippen LogP contribution in [0.5, 0.6) is 0 Å². The maximum absolute atomic E-state index is 13.2. The Morgan fingerprint density at radius 3 is 2.70 bits per heavy atom. The number of sulfonamides is 1. The van der Waals surface area contributed by atoms with Crippen molar-refractivity contribution in [1.29, 1.82) is 0 Å². The van der Waals surface area contributed by atoms with Crippen molar-refractivity contribution < 1.29 is 13.2 Å². The standard InChI is InChI=1S/C22H18BrIN4O3S2/c1-13(14-4-2-5-15(23)10-14)12-25-22(29)17-9-8-16(24)11-19(17)28-33(30,31)20-7-3-6-18-21(20)27-32-26-18/h2-11,13,28H,12H2,1H3,(H,25,29). The number of anilines is 1. The molecule has 2 N–H and O–H groups in total. The minimum atomic E-state index is -4.00. The highest BCUT2D eigenvalue weighted by molar-refractivity contribution is 14.1. The minimum absolute atomic E-state index is 0.0160. The van der Waals surface area contributed by atoms with Gasteiger partial charge in [0.1, 0.15) is 15.9 Å². The third kappa shape index (κ3) is 5.53. The summed E-state index contributed by atoms with van der Waals surface area (Å²) in [7, 11) is -4.00. The molecule has 0 saturated heterocycles. The lowest BCUT2D eigenvalue weighted by atomic mass is 10.0. The monoisotopic (exact) mass is 656 g/mol. The van der Waals surface area contributed by atoms with Crippen molar-refractivity contribution in [1.82, 2.24) is 14.1 Å². The molecule has 0 radical (unpaired) electrons. The van der Waals surface area contributed by atoms with Crippen LogP contribution in [0.4, 0.5) is 5.69 Å². The summed E-state index contributed by atoms with van der Waals surface area (Å²) in [6.45, 7) is 2.42. The molecule has 4 aromatic rings. The van der Waals surface area contributed by atoms with E-state index in [1.165, 1.54) is 6.07 Å². The van der Waals surface area contributed by atoms with Crippen LogP contribution in [0.15, 0.2) is 70.0 Å². The normalized spacial score (nSPS) is 12.5. The zero-order valence-corrected chi connectivity index (χ0v) is 22.6. The summed E-state index contributed by atoms with van der Waals surface area (Å²) in [6.07, 6.45) is 0. The van der Waals surface area contributed by atoms with E-state index in [1.54, 1.807) is 30.3 Å². The number of hydrogen-bond donors (Lipinski definition) is 2. The Balaban J connectivity index is 1.57. The molecule has 170 valence electrons. The zero-order valence-electron chi connectivity index (χ0n) is 17.2. The molecule has 4 rings (SSSR count). The Hall–Kier alpha value is -2.09. The van der Waals surface area contributed by atoms with E-state index in [4.69, 9.17) is 0 Å². The van der Waals surface area contributed by atoms with Crippen molar-refractivity contribution in [3.63, 3.8) is 0 Å². The number of carbonyl (C=O) groups excluding carboxylic acids is 1. The number of benzene rings is 3. The number of nitrogens with zero attached hydrogens (tertiary/aromatic N) is 2. The zero-order chi connectivity index (χ0) is 23.6. The van der Waals surface area contributed by atoms with Gasteiger partial charge in [-0.2, -0.15) is 8.75 Å². The predicted octanol–water partition coefficient (Wildman–Crippen LogP) is 5.39. The van der Waals surface area contributed by atoms with Gasteiger partial charge in [0.25, 0.3) is 15.9 Å². The number of carbonyl (C=O) groups is 1. The van der Waals surface area contributed by atoms with E-state index in [2.05, 4.69) is 57.3 Å². The molecule has 0 aliphatic heterocycles. The molecule has 0 bridgehead atoms. The van der Waals surface area contributed by atoms with Gasteiger partial charge in [-0.05, 0) is 76.5 Å². The molecule has 1 heterocycles. The minimum Gasteiger partial charge on any atom is -0.351 e. The number of aromatic nitrogens is 2. The Bertz CT molecular complexity index is 1440. The van der Waals surface area contributed by atoms with Crippen molar-refractivity contribution in [2.45, 2.75) is 17.7 Å². The molecule has 1 unspecified atom stereocenters. The van der Waals surface area contributed by atoms with Crippen molar-refractivity contribution in [2.24, 2.45) is 0 Å². The van der Waals surface area contributed by atoms with Crippen molar-refractivity contribution >= 4 is 82.9 Å². The first-order chi connectivity index (χ1) is 15.7. The van der Waals surface area contributed by atoms with Crippen LogP contribution in [-0.2, 0) is 10.0 Å². The second-order valence-electron chi connectivity index (χ2n) is 7.35. The first-order valence-corrected chi connectivity index (χ1v) is 13.9. The lowest BCUT2D eigenvalue weighted by molar-refractivity contribution is 0.0952. The molecule has 0 fully saturated rings. The van der Waals surface area contributed by atoms with E-state index in [9.17, 15) is 13.2 Å². The van der Waals surface area contributed by atoms with E-state index >= 15 is 0 Å². The SMILES string of the molecule is CC(CNC(=O)c1ccc(I)cc1NS(=O)(=O)c1cccc2nsnc12)c1cccc(Br)c1. The Labute approximate surface area is 217 Å². The smallest absolute Gasteiger partial charge is 0.264 e. The number of nitrogens with one attached hydrogen (secondary N) is 2. The second kappa shape index (κ2) is 10.0. The Morgan fingerprint density at radius 1 is 1.12 bits per heavy atom. The van der Waals surface area contributed by atoms with Crippen LogP contribution in [0.3, 0.4) is 0 Å². The van der Waals surface area contributed by atoms with Gasteiger partial charge in [-0.15, -0.1) is 0 Å². The van der Waals surface area contributed by atoms with Crippen LogP contribution in [-0.4, -0.2) is 29.6 Å². The Morgan fingerprint density at radius 2 is 1.91 bits per heavy atom. The van der Waals surface area contributed by atoms with Crippen LogP contribution in [0.1, 0.15) is 28.8 Å². The van der Waals surface area contributed by atoms with E-state index < -0.39 is 10.0 Å². The molecule has 1 atom stereocenters. The molecule has 0 saturated carbocycles. The first kappa shape index (κ1) is 24.0. The van der Waals surface area contributed by atoms with Gasteiger partial charge < -0.3 is 5.32 Å². The summed E-state index contributed by atoms with van der Waals surface area (Å²) in [6, 6.07) is 17.7. The molecule has 11 heteroatoms. The molecular formula is C22H18BrIN4O3S2. The average molecular weight is 657 g/mol. The Kier molecular flexibility index (Phi) is 7.31. The largest absolute Gasteiger partial charge is 0.351 e. The van der Waals surface area contributed by atoms with E-state index in [0.717, 1.165) is 25.3 Å². The van der Waals surface area contributed by atoms with Crippen LogP contribution in [0.2, 0.25) is 0 Å². The van der Waals surface area contributed by atoms with Gasteiger partial charge in [0.05, 0.1) is 23.0 Å². The number of halogens is 2. The van der Waals surface area contributed by atoms with Gasteiger partial charge in [-0.1, -0.05) is 41.1 Å². The van der Waals surface area contributed by atoms with Crippen molar-refractivity contribution in [2.75, 3.05) is 11.3 Å². The fraction of sp³-hybridized carbons (Fsp3) is 0.136. The van der Waals surface area contributed by atoms with Gasteiger partial charge >= 0.3 is 0 Å². The van der Waals surface area contributed by atoms with Gasteiger partial charge in [-0.3, -0.25) is 9.52 Å². The topological polar surface area (TPSA) is 101 Å². The van der Waals surface area contributed by atoms with Gasteiger partial charge in [0, 0.05) is 14.6 Å². The molecule has 1 aromatic heterocycles.